The minimum Gasteiger partial charge on any atom is -0.497 e. The van der Waals surface area contributed by atoms with Crippen LogP contribution in [0.25, 0.3) is 0 Å². The summed E-state index contributed by atoms with van der Waals surface area (Å²) in [7, 11) is 3.29. The minimum atomic E-state index is -0.403. The molecule has 1 amide bonds. The lowest BCUT2D eigenvalue weighted by atomic mass is 9.74. The number of hydrazine groups is 1. The summed E-state index contributed by atoms with van der Waals surface area (Å²) in [5.74, 6) is 4.09. The second-order valence-electron chi connectivity index (χ2n) is 11.0. The highest BCUT2D eigenvalue weighted by atomic mass is 16.5. The summed E-state index contributed by atoms with van der Waals surface area (Å²) in [5.41, 5.74) is 8.57. The SMILES string of the molecule is COc1ccc2c(c1)[C@]1(C[C@H]1C1CCC3C(C1)NNC3Nc1ncnc(N3CC(O)C3)c1OC)C(=O)N2. The fraction of sp³-hybridized carbons (Fsp3) is 0.577. The predicted molar refractivity (Wildman–Crippen MR) is 137 cm³/mol. The first-order chi connectivity index (χ1) is 18.0. The highest BCUT2D eigenvalue weighted by molar-refractivity contribution is 6.09. The van der Waals surface area contributed by atoms with E-state index in [4.69, 9.17) is 9.47 Å². The van der Waals surface area contributed by atoms with Gasteiger partial charge in [-0.1, -0.05) is 0 Å². The lowest BCUT2D eigenvalue weighted by Gasteiger charge is -2.37. The van der Waals surface area contributed by atoms with Crippen LogP contribution in [0.1, 0.15) is 31.2 Å². The Hall–Kier alpha value is -3.15. The van der Waals surface area contributed by atoms with E-state index < -0.39 is 5.41 Å². The molecule has 5 N–H and O–H groups in total. The van der Waals surface area contributed by atoms with Gasteiger partial charge in [0.25, 0.3) is 0 Å². The maximum Gasteiger partial charge on any atom is 0.235 e. The first-order valence-electron chi connectivity index (χ1n) is 13.1. The van der Waals surface area contributed by atoms with Crippen molar-refractivity contribution in [3.8, 4) is 11.5 Å². The van der Waals surface area contributed by atoms with Crippen molar-refractivity contribution in [2.75, 3.05) is 42.8 Å². The summed E-state index contributed by atoms with van der Waals surface area (Å²) in [6.45, 7) is 1.08. The molecule has 5 aliphatic rings. The van der Waals surface area contributed by atoms with Gasteiger partial charge in [-0.2, -0.15) is 0 Å². The van der Waals surface area contributed by atoms with Gasteiger partial charge in [0.05, 0.1) is 31.9 Å². The number of aliphatic hydroxyl groups excluding tert-OH is 1. The fourth-order valence-corrected chi connectivity index (χ4v) is 7.17. The first-order valence-corrected chi connectivity index (χ1v) is 13.1. The Kier molecular flexibility index (Phi) is 5.24. The van der Waals surface area contributed by atoms with E-state index in [0.29, 0.717) is 54.3 Å². The van der Waals surface area contributed by atoms with Crippen LogP contribution in [0.5, 0.6) is 11.5 Å². The maximum absolute atomic E-state index is 13.1. The van der Waals surface area contributed by atoms with Crippen LogP contribution in [0.4, 0.5) is 17.3 Å². The normalized spacial score (nSPS) is 34.0. The van der Waals surface area contributed by atoms with Crippen molar-refractivity contribution in [2.45, 2.75) is 49.4 Å². The third-order valence-corrected chi connectivity index (χ3v) is 9.18. The topological polar surface area (TPSA) is 133 Å². The fourth-order valence-electron chi connectivity index (χ4n) is 7.17. The number of methoxy groups -OCH3 is 2. The van der Waals surface area contributed by atoms with E-state index in [1.54, 1.807) is 14.2 Å². The molecule has 0 bridgehead atoms. The molecule has 4 heterocycles. The van der Waals surface area contributed by atoms with Gasteiger partial charge in [-0.3, -0.25) is 10.2 Å². The molecule has 2 saturated heterocycles. The van der Waals surface area contributed by atoms with E-state index in [2.05, 4.69) is 31.5 Å². The molecule has 11 nitrogen and oxygen atoms in total. The number of anilines is 3. The molecule has 2 saturated carbocycles. The molecule has 37 heavy (non-hydrogen) atoms. The summed E-state index contributed by atoms with van der Waals surface area (Å²) < 4.78 is 11.1. The summed E-state index contributed by atoms with van der Waals surface area (Å²) >= 11 is 0. The number of carbonyl (C=O) groups excluding carboxylic acids is 1. The number of aromatic nitrogens is 2. The van der Waals surface area contributed by atoms with Crippen LogP contribution < -0.4 is 35.9 Å². The number of β-amino-alcohol motifs (C(OH)–C–C–N with tert-alkyl or cyclic N) is 1. The number of amides is 1. The Morgan fingerprint density at radius 1 is 1.16 bits per heavy atom. The van der Waals surface area contributed by atoms with Gasteiger partial charge in [-0.05, 0) is 61.3 Å². The molecule has 0 radical (unpaired) electrons. The Morgan fingerprint density at radius 3 is 2.81 bits per heavy atom. The Labute approximate surface area is 215 Å². The van der Waals surface area contributed by atoms with Crippen molar-refractivity contribution < 1.29 is 19.4 Å². The standard InChI is InChI=1S/C26H33N7O4/c1-36-15-4-6-19-17(8-15)26(25(35)29-19)9-18(26)13-3-5-16-20(7-13)31-32-22(16)30-23-21(37-2)24(28-12-27-23)33-10-14(34)11-33/h4,6,8,12-14,16,18,20,22,31-32,34H,3,5,7,9-11H2,1-2H3,(H,29,35)(H,27,28,30)/t13?,16?,18-,20?,22?,26-/m0/s1. The number of fused-ring (bicyclic) bond motifs is 3. The van der Waals surface area contributed by atoms with Crippen LogP contribution in [0, 0.1) is 17.8 Å². The summed E-state index contributed by atoms with van der Waals surface area (Å²) in [6.07, 6.45) is 5.26. The van der Waals surface area contributed by atoms with E-state index >= 15 is 0 Å². The van der Waals surface area contributed by atoms with Crippen LogP contribution in [0.15, 0.2) is 24.5 Å². The monoisotopic (exact) mass is 507 g/mol. The van der Waals surface area contributed by atoms with E-state index in [9.17, 15) is 9.90 Å². The molecule has 1 aromatic heterocycles. The highest BCUT2D eigenvalue weighted by Crippen LogP contribution is 2.65. The number of aliphatic hydroxyl groups is 1. The van der Waals surface area contributed by atoms with Gasteiger partial charge in [0, 0.05) is 30.7 Å². The van der Waals surface area contributed by atoms with Crippen molar-refractivity contribution >= 4 is 23.2 Å². The van der Waals surface area contributed by atoms with Crippen molar-refractivity contribution in [1.82, 2.24) is 20.8 Å². The average molecular weight is 508 g/mol. The van der Waals surface area contributed by atoms with Crippen LogP contribution in [0.3, 0.4) is 0 Å². The zero-order valence-corrected chi connectivity index (χ0v) is 21.0. The molecule has 4 fully saturated rings. The lowest BCUT2D eigenvalue weighted by molar-refractivity contribution is -0.118. The average Bonchev–Trinajstić information content (AvgIpc) is 3.45. The van der Waals surface area contributed by atoms with Gasteiger partial charge in [-0.25, -0.2) is 15.4 Å². The number of hydrogen-bond donors (Lipinski definition) is 5. The zero-order valence-electron chi connectivity index (χ0n) is 21.0. The van der Waals surface area contributed by atoms with Gasteiger partial charge < -0.3 is 30.1 Å². The molecule has 2 aromatic rings. The Bertz CT molecular complexity index is 1240. The van der Waals surface area contributed by atoms with Crippen molar-refractivity contribution in [2.24, 2.45) is 17.8 Å². The van der Waals surface area contributed by atoms with Crippen LogP contribution >= 0.6 is 0 Å². The third kappa shape index (κ3) is 3.48. The molecule has 196 valence electrons. The van der Waals surface area contributed by atoms with Crippen molar-refractivity contribution in [3.05, 3.63) is 30.1 Å². The molecule has 1 aromatic carbocycles. The van der Waals surface area contributed by atoms with Crippen LogP contribution in [-0.4, -0.2) is 66.6 Å². The Morgan fingerprint density at radius 2 is 2.03 bits per heavy atom. The van der Waals surface area contributed by atoms with Crippen LogP contribution in [0.2, 0.25) is 0 Å². The summed E-state index contributed by atoms with van der Waals surface area (Å²) in [6, 6.07) is 6.21. The molecule has 11 heteroatoms. The number of nitrogens with zero attached hydrogens (tertiary/aromatic N) is 3. The third-order valence-electron chi connectivity index (χ3n) is 9.18. The van der Waals surface area contributed by atoms with E-state index in [1.807, 2.05) is 23.1 Å². The van der Waals surface area contributed by atoms with Gasteiger partial charge >= 0.3 is 0 Å². The van der Waals surface area contributed by atoms with E-state index in [0.717, 1.165) is 42.7 Å². The van der Waals surface area contributed by atoms with Gasteiger partial charge in [-0.15, -0.1) is 0 Å². The molecular weight excluding hydrogens is 474 g/mol. The number of nitrogens with one attached hydrogen (secondary N) is 4. The van der Waals surface area contributed by atoms with E-state index in [1.165, 1.54) is 6.33 Å². The summed E-state index contributed by atoms with van der Waals surface area (Å²) in [5, 5.41) is 16.4. The zero-order chi connectivity index (χ0) is 25.3. The highest BCUT2D eigenvalue weighted by Gasteiger charge is 2.67. The molecular formula is C26H33N7O4. The second kappa shape index (κ2) is 8.44. The van der Waals surface area contributed by atoms with Gasteiger partial charge in [0.15, 0.2) is 11.6 Å². The predicted octanol–water partition coefficient (Wildman–Crippen LogP) is 1.22. The largest absolute Gasteiger partial charge is 0.497 e. The summed E-state index contributed by atoms with van der Waals surface area (Å²) in [4.78, 5) is 23.9. The molecule has 3 aliphatic heterocycles. The van der Waals surface area contributed by atoms with E-state index in [-0.39, 0.29) is 18.2 Å². The molecule has 4 unspecified atom stereocenters. The number of rotatable bonds is 6. The number of benzene rings is 1. The van der Waals surface area contributed by atoms with Gasteiger partial charge in [0.1, 0.15) is 12.1 Å². The second-order valence-corrected chi connectivity index (χ2v) is 11.0. The van der Waals surface area contributed by atoms with Gasteiger partial charge in [0.2, 0.25) is 11.7 Å². The Balaban J connectivity index is 1.04. The van der Waals surface area contributed by atoms with Crippen LogP contribution in [-0.2, 0) is 10.2 Å². The smallest absolute Gasteiger partial charge is 0.235 e. The molecule has 1 spiro atoms. The minimum absolute atomic E-state index is 0.00231. The molecule has 6 atom stereocenters. The molecule has 2 aliphatic carbocycles. The number of ether oxygens (including phenoxy) is 2. The maximum atomic E-state index is 13.1. The number of carbonyl (C=O) groups is 1. The van der Waals surface area contributed by atoms with Crippen molar-refractivity contribution in [1.29, 1.82) is 0 Å². The molecule has 7 rings (SSSR count). The number of hydrogen-bond acceptors (Lipinski definition) is 10. The van der Waals surface area contributed by atoms with Crippen molar-refractivity contribution in [3.63, 3.8) is 0 Å². The quantitative estimate of drug-likeness (QED) is 0.389. The first kappa shape index (κ1) is 23.0. The lowest BCUT2D eigenvalue weighted by Crippen LogP contribution is -2.51.